The minimum atomic E-state index is -0.0387. The fraction of sp³-hybridized carbons (Fsp3) is 0.0800. The molecule has 2 aromatic carbocycles. The summed E-state index contributed by atoms with van der Waals surface area (Å²) >= 11 is 1.64. The van der Waals surface area contributed by atoms with Gasteiger partial charge in [0.05, 0.1) is 21.6 Å². The van der Waals surface area contributed by atoms with Gasteiger partial charge in [-0.1, -0.05) is 42.5 Å². The molecule has 6 heteroatoms. The maximum absolute atomic E-state index is 13.3. The van der Waals surface area contributed by atoms with Gasteiger partial charge in [0, 0.05) is 36.9 Å². The first-order valence-electron chi connectivity index (χ1n) is 9.98. The number of hydrogen-bond acceptors (Lipinski definition) is 4. The van der Waals surface area contributed by atoms with Gasteiger partial charge in [-0.25, -0.2) is 4.68 Å². The second kappa shape index (κ2) is 8.16. The highest BCUT2D eigenvalue weighted by Gasteiger charge is 2.19. The van der Waals surface area contributed by atoms with Crippen molar-refractivity contribution in [1.82, 2.24) is 19.7 Å². The molecule has 152 valence electrons. The van der Waals surface area contributed by atoms with Gasteiger partial charge >= 0.3 is 0 Å². The van der Waals surface area contributed by atoms with Crippen LogP contribution in [0.2, 0.25) is 0 Å². The number of para-hydroxylation sites is 2. The third-order valence-electron chi connectivity index (χ3n) is 5.20. The van der Waals surface area contributed by atoms with Gasteiger partial charge in [-0.15, -0.1) is 11.3 Å². The summed E-state index contributed by atoms with van der Waals surface area (Å²) in [5.41, 5.74) is 4.36. The normalized spacial score (nSPS) is 11.0. The lowest BCUT2D eigenvalue weighted by molar-refractivity contribution is 0.0787. The van der Waals surface area contributed by atoms with Crippen molar-refractivity contribution in [3.63, 3.8) is 0 Å². The number of hydrogen-bond donors (Lipinski definition) is 0. The first-order valence-corrected chi connectivity index (χ1v) is 10.9. The van der Waals surface area contributed by atoms with Crippen LogP contribution in [0.1, 0.15) is 15.9 Å². The lowest BCUT2D eigenvalue weighted by Gasteiger charge is -2.18. The highest BCUT2D eigenvalue weighted by molar-refractivity contribution is 7.13. The van der Waals surface area contributed by atoms with Crippen molar-refractivity contribution in [1.29, 1.82) is 0 Å². The molecule has 1 amide bonds. The van der Waals surface area contributed by atoms with Crippen LogP contribution in [-0.4, -0.2) is 32.6 Å². The molecule has 0 N–H and O–H groups in total. The number of thiophene rings is 1. The molecular weight excluding hydrogens is 404 g/mol. The molecule has 0 radical (unpaired) electrons. The smallest absolute Gasteiger partial charge is 0.254 e. The lowest BCUT2D eigenvalue weighted by atomic mass is 10.1. The Morgan fingerprint density at radius 2 is 1.81 bits per heavy atom. The molecular formula is C25H20N4OS. The first kappa shape index (κ1) is 19.2. The fourth-order valence-corrected chi connectivity index (χ4v) is 4.42. The number of amides is 1. The zero-order valence-corrected chi connectivity index (χ0v) is 17.8. The number of rotatable bonds is 5. The number of nitrogens with zero attached hydrogens (tertiary/aromatic N) is 4. The van der Waals surface area contributed by atoms with E-state index in [9.17, 15) is 4.79 Å². The summed E-state index contributed by atoms with van der Waals surface area (Å²) in [6.45, 7) is 0.454. The van der Waals surface area contributed by atoms with Crippen LogP contribution in [-0.2, 0) is 6.54 Å². The highest BCUT2D eigenvalue weighted by atomic mass is 32.1. The highest BCUT2D eigenvalue weighted by Crippen LogP contribution is 2.29. The van der Waals surface area contributed by atoms with Crippen molar-refractivity contribution in [2.45, 2.75) is 6.54 Å². The summed E-state index contributed by atoms with van der Waals surface area (Å²) in [7, 11) is 1.83. The minimum Gasteiger partial charge on any atom is -0.337 e. The summed E-state index contributed by atoms with van der Waals surface area (Å²) in [6, 6.07) is 23.6. The molecule has 0 atom stereocenters. The van der Waals surface area contributed by atoms with Gasteiger partial charge in [-0.3, -0.25) is 9.78 Å². The van der Waals surface area contributed by atoms with Gasteiger partial charge in [0.15, 0.2) is 0 Å². The number of benzene rings is 2. The Morgan fingerprint density at radius 1 is 1.00 bits per heavy atom. The SMILES string of the molecule is CN(Cc1cn(-c2ccccc2)nc1-c1cccs1)C(=O)c1ccnc2ccccc12. The number of aromatic nitrogens is 3. The molecule has 0 aliphatic carbocycles. The third-order valence-corrected chi connectivity index (χ3v) is 6.08. The van der Waals surface area contributed by atoms with E-state index in [1.54, 1.807) is 28.5 Å². The van der Waals surface area contributed by atoms with Crippen LogP contribution < -0.4 is 0 Å². The van der Waals surface area contributed by atoms with Crippen LogP contribution in [0.3, 0.4) is 0 Å². The molecule has 0 unspecified atom stereocenters. The Morgan fingerprint density at radius 3 is 2.61 bits per heavy atom. The van der Waals surface area contributed by atoms with Gasteiger partial charge in [0.25, 0.3) is 5.91 Å². The Bertz CT molecular complexity index is 1340. The molecule has 0 aliphatic rings. The molecule has 0 fully saturated rings. The molecule has 0 bridgehead atoms. The quantitative estimate of drug-likeness (QED) is 0.378. The topological polar surface area (TPSA) is 51.0 Å². The van der Waals surface area contributed by atoms with E-state index in [-0.39, 0.29) is 5.91 Å². The van der Waals surface area contributed by atoms with Crippen molar-refractivity contribution in [3.8, 4) is 16.3 Å². The van der Waals surface area contributed by atoms with E-state index < -0.39 is 0 Å². The van der Waals surface area contributed by atoms with Crippen molar-refractivity contribution in [2.24, 2.45) is 0 Å². The predicted molar refractivity (Wildman–Crippen MR) is 124 cm³/mol. The van der Waals surface area contributed by atoms with E-state index in [1.165, 1.54) is 0 Å². The monoisotopic (exact) mass is 424 g/mol. The fourth-order valence-electron chi connectivity index (χ4n) is 3.67. The van der Waals surface area contributed by atoms with Gasteiger partial charge in [-0.2, -0.15) is 5.10 Å². The molecule has 0 saturated heterocycles. The Balaban J connectivity index is 1.50. The van der Waals surface area contributed by atoms with Crippen LogP contribution in [0.5, 0.6) is 0 Å². The van der Waals surface area contributed by atoms with E-state index in [0.29, 0.717) is 12.1 Å². The Labute approximate surface area is 184 Å². The van der Waals surface area contributed by atoms with Gasteiger partial charge in [0.1, 0.15) is 5.69 Å². The number of pyridine rings is 1. The Kier molecular flexibility index (Phi) is 5.06. The van der Waals surface area contributed by atoms with Crippen molar-refractivity contribution in [2.75, 3.05) is 7.05 Å². The van der Waals surface area contributed by atoms with Gasteiger partial charge in [-0.05, 0) is 35.7 Å². The molecule has 3 aromatic heterocycles. The third kappa shape index (κ3) is 3.73. The second-order valence-corrected chi connectivity index (χ2v) is 8.24. The van der Waals surface area contributed by atoms with Crippen molar-refractivity contribution in [3.05, 3.63) is 102 Å². The Hall–Kier alpha value is -3.77. The number of carbonyl (C=O) groups excluding carboxylic acids is 1. The molecule has 0 spiro atoms. The second-order valence-electron chi connectivity index (χ2n) is 7.30. The van der Waals surface area contributed by atoms with E-state index in [2.05, 4.69) is 11.1 Å². The summed E-state index contributed by atoms with van der Waals surface area (Å²) in [5.74, 6) is -0.0387. The maximum Gasteiger partial charge on any atom is 0.254 e. The van der Waals surface area contributed by atoms with E-state index in [0.717, 1.165) is 32.7 Å². The molecule has 0 aliphatic heterocycles. The van der Waals surface area contributed by atoms with E-state index >= 15 is 0 Å². The van der Waals surface area contributed by atoms with E-state index in [1.807, 2.05) is 84.0 Å². The predicted octanol–water partition coefficient (Wildman–Crippen LogP) is 5.42. The summed E-state index contributed by atoms with van der Waals surface area (Å²) < 4.78 is 1.88. The van der Waals surface area contributed by atoms with Crippen LogP contribution in [0, 0.1) is 0 Å². The largest absolute Gasteiger partial charge is 0.337 e. The summed E-state index contributed by atoms with van der Waals surface area (Å²) in [6.07, 6.45) is 3.70. The average molecular weight is 425 g/mol. The molecule has 5 aromatic rings. The van der Waals surface area contributed by atoms with Gasteiger partial charge in [0.2, 0.25) is 0 Å². The molecule has 5 rings (SSSR count). The standard InChI is InChI=1S/C25H20N4OS/c1-28(25(30)21-13-14-26-22-11-6-5-10-20(21)22)16-18-17-29(19-8-3-2-4-9-19)27-24(18)23-12-7-15-31-23/h2-15,17H,16H2,1H3. The molecule has 31 heavy (non-hydrogen) atoms. The molecule has 5 nitrogen and oxygen atoms in total. The van der Waals surface area contributed by atoms with Crippen LogP contribution >= 0.6 is 11.3 Å². The molecule has 3 heterocycles. The first-order chi connectivity index (χ1) is 15.2. The minimum absolute atomic E-state index is 0.0387. The lowest BCUT2D eigenvalue weighted by Crippen LogP contribution is -2.26. The molecule has 0 saturated carbocycles. The summed E-state index contributed by atoms with van der Waals surface area (Å²) in [5, 5.41) is 7.74. The average Bonchev–Trinajstić information content (AvgIpc) is 3.49. The van der Waals surface area contributed by atoms with Crippen LogP contribution in [0.25, 0.3) is 27.2 Å². The zero-order valence-electron chi connectivity index (χ0n) is 17.0. The van der Waals surface area contributed by atoms with Gasteiger partial charge < -0.3 is 4.90 Å². The van der Waals surface area contributed by atoms with Crippen LogP contribution in [0.4, 0.5) is 0 Å². The van der Waals surface area contributed by atoms with E-state index in [4.69, 9.17) is 5.10 Å². The van der Waals surface area contributed by atoms with Crippen molar-refractivity contribution < 1.29 is 4.79 Å². The van der Waals surface area contributed by atoms with Crippen molar-refractivity contribution >= 4 is 28.1 Å². The summed E-state index contributed by atoms with van der Waals surface area (Å²) in [4.78, 5) is 20.5. The van der Waals surface area contributed by atoms with Crippen LogP contribution in [0.15, 0.2) is 90.6 Å². The maximum atomic E-state index is 13.3. The number of fused-ring (bicyclic) bond motifs is 1. The number of carbonyl (C=O) groups is 1. The zero-order chi connectivity index (χ0) is 21.2.